The SMILES string of the molecule is Cc1ccc(C(=O)NCC(=O)NCC(=O)O)cc1Cl. The summed E-state index contributed by atoms with van der Waals surface area (Å²) in [6.45, 7) is 1.03. The molecular formula is C12H13ClN2O4. The van der Waals surface area contributed by atoms with E-state index in [1.165, 1.54) is 6.07 Å². The van der Waals surface area contributed by atoms with Gasteiger partial charge in [-0.05, 0) is 24.6 Å². The van der Waals surface area contributed by atoms with Crippen LogP contribution in [0.2, 0.25) is 5.02 Å². The Morgan fingerprint density at radius 3 is 2.47 bits per heavy atom. The van der Waals surface area contributed by atoms with Gasteiger partial charge in [-0.25, -0.2) is 0 Å². The predicted octanol–water partition coefficient (Wildman–Crippen LogP) is 0.579. The van der Waals surface area contributed by atoms with Gasteiger partial charge in [0.25, 0.3) is 5.91 Å². The van der Waals surface area contributed by atoms with E-state index in [1.54, 1.807) is 12.1 Å². The van der Waals surface area contributed by atoms with Crippen molar-refractivity contribution in [2.45, 2.75) is 6.92 Å². The number of hydrogen-bond donors (Lipinski definition) is 3. The van der Waals surface area contributed by atoms with Crippen molar-refractivity contribution in [2.75, 3.05) is 13.1 Å². The Labute approximate surface area is 114 Å². The molecule has 6 nitrogen and oxygen atoms in total. The average Bonchev–Trinajstić information content (AvgIpc) is 2.36. The molecule has 1 aromatic rings. The van der Waals surface area contributed by atoms with Crippen molar-refractivity contribution in [3.63, 3.8) is 0 Å². The van der Waals surface area contributed by atoms with Crippen molar-refractivity contribution < 1.29 is 19.5 Å². The molecule has 3 N–H and O–H groups in total. The Hall–Kier alpha value is -2.08. The monoisotopic (exact) mass is 284 g/mol. The fourth-order valence-corrected chi connectivity index (χ4v) is 1.41. The van der Waals surface area contributed by atoms with Gasteiger partial charge in [-0.1, -0.05) is 17.7 Å². The Balaban J connectivity index is 2.49. The van der Waals surface area contributed by atoms with E-state index >= 15 is 0 Å². The average molecular weight is 285 g/mol. The number of carboxylic acid groups (broad SMARTS) is 1. The number of halogens is 1. The summed E-state index contributed by atoms with van der Waals surface area (Å²) in [5.74, 6) is -2.17. The summed E-state index contributed by atoms with van der Waals surface area (Å²) >= 11 is 5.88. The van der Waals surface area contributed by atoms with Crippen molar-refractivity contribution in [3.8, 4) is 0 Å². The lowest BCUT2D eigenvalue weighted by molar-refractivity contribution is -0.137. The van der Waals surface area contributed by atoms with Gasteiger partial charge in [0.2, 0.25) is 5.91 Å². The molecule has 0 saturated heterocycles. The van der Waals surface area contributed by atoms with Crippen molar-refractivity contribution in [1.29, 1.82) is 0 Å². The molecule has 0 aliphatic heterocycles. The molecule has 2 amide bonds. The van der Waals surface area contributed by atoms with Crippen molar-refractivity contribution in [2.24, 2.45) is 0 Å². The Bertz CT molecular complexity index is 516. The molecule has 19 heavy (non-hydrogen) atoms. The molecular weight excluding hydrogens is 272 g/mol. The van der Waals surface area contributed by atoms with E-state index in [0.29, 0.717) is 10.6 Å². The van der Waals surface area contributed by atoms with E-state index in [4.69, 9.17) is 16.7 Å². The zero-order chi connectivity index (χ0) is 14.4. The van der Waals surface area contributed by atoms with Crippen LogP contribution in [0, 0.1) is 6.92 Å². The first-order valence-corrected chi connectivity index (χ1v) is 5.81. The second-order valence-corrected chi connectivity index (χ2v) is 4.22. The normalized spacial score (nSPS) is 9.79. The third-order valence-electron chi connectivity index (χ3n) is 2.28. The highest BCUT2D eigenvalue weighted by Gasteiger charge is 2.09. The molecule has 0 aliphatic carbocycles. The minimum Gasteiger partial charge on any atom is -0.480 e. The first-order chi connectivity index (χ1) is 8.90. The van der Waals surface area contributed by atoms with E-state index in [1.807, 2.05) is 6.92 Å². The van der Waals surface area contributed by atoms with Crippen LogP contribution in [0.15, 0.2) is 18.2 Å². The zero-order valence-corrected chi connectivity index (χ0v) is 11.0. The van der Waals surface area contributed by atoms with Gasteiger partial charge < -0.3 is 15.7 Å². The third kappa shape index (κ3) is 4.97. The number of rotatable bonds is 5. The Morgan fingerprint density at radius 2 is 1.89 bits per heavy atom. The summed E-state index contributed by atoms with van der Waals surface area (Å²) in [7, 11) is 0. The molecule has 0 aromatic heterocycles. The van der Waals surface area contributed by atoms with Gasteiger partial charge in [-0.15, -0.1) is 0 Å². The summed E-state index contributed by atoms with van der Waals surface area (Å²) in [6, 6.07) is 4.79. The first-order valence-electron chi connectivity index (χ1n) is 5.43. The number of carbonyl (C=O) groups excluding carboxylic acids is 2. The molecule has 0 radical (unpaired) electrons. The largest absolute Gasteiger partial charge is 0.480 e. The molecule has 0 heterocycles. The van der Waals surface area contributed by atoms with Gasteiger partial charge in [0.05, 0.1) is 6.54 Å². The summed E-state index contributed by atoms with van der Waals surface area (Å²) in [4.78, 5) is 33.1. The van der Waals surface area contributed by atoms with Crippen molar-refractivity contribution in [3.05, 3.63) is 34.3 Å². The van der Waals surface area contributed by atoms with Crippen molar-refractivity contribution in [1.82, 2.24) is 10.6 Å². The van der Waals surface area contributed by atoms with Crippen molar-refractivity contribution >= 4 is 29.4 Å². The van der Waals surface area contributed by atoms with Gasteiger partial charge in [0, 0.05) is 10.6 Å². The minimum atomic E-state index is -1.15. The van der Waals surface area contributed by atoms with E-state index in [0.717, 1.165) is 5.56 Å². The predicted molar refractivity (Wildman–Crippen MR) is 69.2 cm³/mol. The fraction of sp³-hybridized carbons (Fsp3) is 0.250. The van der Waals surface area contributed by atoms with Crippen LogP contribution in [0.1, 0.15) is 15.9 Å². The summed E-state index contributed by atoms with van der Waals surface area (Å²) in [6.07, 6.45) is 0. The molecule has 0 aliphatic rings. The van der Waals surface area contributed by atoms with Gasteiger partial charge in [0.1, 0.15) is 6.54 Å². The minimum absolute atomic E-state index is 0.294. The molecule has 7 heteroatoms. The Morgan fingerprint density at radius 1 is 1.21 bits per heavy atom. The van der Waals surface area contributed by atoms with Gasteiger partial charge >= 0.3 is 5.97 Å². The van der Waals surface area contributed by atoms with E-state index in [-0.39, 0.29) is 6.54 Å². The van der Waals surface area contributed by atoms with E-state index < -0.39 is 24.3 Å². The summed E-state index contributed by atoms with van der Waals surface area (Å²) in [5, 5.41) is 13.3. The first kappa shape index (κ1) is 15.0. The fourth-order valence-electron chi connectivity index (χ4n) is 1.23. The number of hydrogen-bond acceptors (Lipinski definition) is 3. The number of nitrogens with one attached hydrogen (secondary N) is 2. The summed E-state index contributed by atoms with van der Waals surface area (Å²) in [5.41, 5.74) is 1.18. The molecule has 1 aromatic carbocycles. The van der Waals surface area contributed by atoms with Crippen LogP contribution >= 0.6 is 11.6 Å². The van der Waals surface area contributed by atoms with Gasteiger partial charge in [-0.2, -0.15) is 0 Å². The highest BCUT2D eigenvalue weighted by atomic mass is 35.5. The number of carbonyl (C=O) groups is 3. The third-order valence-corrected chi connectivity index (χ3v) is 2.69. The number of aliphatic carboxylic acids is 1. The molecule has 0 unspecified atom stereocenters. The van der Waals surface area contributed by atoms with Crippen LogP contribution in [0.4, 0.5) is 0 Å². The topological polar surface area (TPSA) is 95.5 Å². The summed E-state index contributed by atoms with van der Waals surface area (Å²) < 4.78 is 0. The lowest BCUT2D eigenvalue weighted by atomic mass is 10.1. The van der Waals surface area contributed by atoms with Crippen LogP contribution in [-0.4, -0.2) is 36.0 Å². The van der Waals surface area contributed by atoms with Crippen LogP contribution in [0.5, 0.6) is 0 Å². The van der Waals surface area contributed by atoms with E-state index in [2.05, 4.69) is 10.6 Å². The second kappa shape index (κ2) is 6.75. The van der Waals surface area contributed by atoms with Crippen LogP contribution in [-0.2, 0) is 9.59 Å². The highest BCUT2D eigenvalue weighted by molar-refractivity contribution is 6.31. The maximum atomic E-state index is 11.7. The molecule has 0 bridgehead atoms. The van der Waals surface area contributed by atoms with Crippen LogP contribution in [0.3, 0.4) is 0 Å². The standard InChI is InChI=1S/C12H13ClN2O4/c1-7-2-3-8(4-9(7)13)12(19)15-5-10(16)14-6-11(17)18/h2-4H,5-6H2,1H3,(H,14,16)(H,15,19)(H,17,18). The second-order valence-electron chi connectivity index (χ2n) is 3.82. The molecule has 1 rings (SSSR count). The highest BCUT2D eigenvalue weighted by Crippen LogP contribution is 2.16. The lowest BCUT2D eigenvalue weighted by Gasteiger charge is -2.06. The molecule has 0 fully saturated rings. The zero-order valence-electron chi connectivity index (χ0n) is 10.2. The number of amides is 2. The maximum Gasteiger partial charge on any atom is 0.322 e. The Kier molecular flexibility index (Phi) is 5.32. The smallest absolute Gasteiger partial charge is 0.322 e. The van der Waals surface area contributed by atoms with Crippen LogP contribution < -0.4 is 10.6 Å². The number of carboxylic acids is 1. The number of aryl methyl sites for hydroxylation is 1. The maximum absolute atomic E-state index is 11.7. The van der Waals surface area contributed by atoms with Crippen LogP contribution in [0.25, 0.3) is 0 Å². The number of benzene rings is 1. The molecule has 0 atom stereocenters. The van der Waals surface area contributed by atoms with Gasteiger partial charge in [0.15, 0.2) is 0 Å². The van der Waals surface area contributed by atoms with E-state index in [9.17, 15) is 14.4 Å². The lowest BCUT2D eigenvalue weighted by Crippen LogP contribution is -2.39. The van der Waals surface area contributed by atoms with Gasteiger partial charge in [-0.3, -0.25) is 14.4 Å². The molecule has 0 saturated carbocycles. The molecule has 102 valence electrons. The molecule has 0 spiro atoms. The quantitative estimate of drug-likeness (QED) is 0.737.